The minimum Gasteiger partial charge on any atom is -0.361 e. The topological polar surface area (TPSA) is 98.9 Å². The standard InChI is InChI=1S/C18H20N4O3S/c1-11-3-4-15-14(7-11)12(8-19-15)9-22-6-5-13-16(10-22)20-18(21-17(13)23)26(2,24)25/h3-4,7-8,19H,5-6,9-10H2,1-2H3,(H,20,21,23). The van der Waals surface area contributed by atoms with Crippen LogP contribution in [-0.4, -0.2) is 41.1 Å². The average Bonchev–Trinajstić information content (AvgIpc) is 2.96. The Balaban J connectivity index is 1.65. The molecule has 0 radical (unpaired) electrons. The van der Waals surface area contributed by atoms with E-state index in [9.17, 15) is 13.2 Å². The zero-order valence-corrected chi connectivity index (χ0v) is 15.5. The zero-order chi connectivity index (χ0) is 18.5. The molecule has 0 amide bonds. The van der Waals surface area contributed by atoms with Crippen LogP contribution in [0.1, 0.15) is 22.4 Å². The molecule has 26 heavy (non-hydrogen) atoms. The van der Waals surface area contributed by atoms with E-state index in [0.717, 1.165) is 18.3 Å². The molecule has 7 nitrogen and oxygen atoms in total. The first-order valence-corrected chi connectivity index (χ1v) is 10.3. The molecule has 1 aromatic carbocycles. The number of hydrogen-bond acceptors (Lipinski definition) is 5. The summed E-state index contributed by atoms with van der Waals surface area (Å²) in [4.78, 5) is 24.3. The van der Waals surface area contributed by atoms with Crippen molar-refractivity contribution < 1.29 is 8.42 Å². The normalized spacial score (nSPS) is 15.3. The molecule has 2 N–H and O–H groups in total. The highest BCUT2D eigenvalue weighted by molar-refractivity contribution is 7.90. The molecule has 0 spiro atoms. The van der Waals surface area contributed by atoms with Crippen LogP contribution in [0, 0.1) is 6.92 Å². The summed E-state index contributed by atoms with van der Waals surface area (Å²) < 4.78 is 23.5. The molecule has 4 rings (SSSR count). The van der Waals surface area contributed by atoms with Crippen LogP contribution < -0.4 is 5.56 Å². The highest BCUT2D eigenvalue weighted by atomic mass is 32.2. The fraction of sp³-hybridized carbons (Fsp3) is 0.333. The maximum Gasteiger partial charge on any atom is 0.255 e. The van der Waals surface area contributed by atoms with Gasteiger partial charge in [0, 0.05) is 48.6 Å². The molecular weight excluding hydrogens is 352 g/mol. The lowest BCUT2D eigenvalue weighted by atomic mass is 10.1. The highest BCUT2D eigenvalue weighted by Crippen LogP contribution is 2.23. The highest BCUT2D eigenvalue weighted by Gasteiger charge is 2.24. The Bertz CT molecular complexity index is 1160. The summed E-state index contributed by atoms with van der Waals surface area (Å²) in [7, 11) is -3.55. The SMILES string of the molecule is Cc1ccc2[nH]cc(CN3CCc4c(nc(S(C)(=O)=O)[nH]c4=O)C3)c2c1. The molecule has 0 aliphatic carbocycles. The summed E-state index contributed by atoms with van der Waals surface area (Å²) in [6.45, 7) is 3.97. The van der Waals surface area contributed by atoms with E-state index in [-0.39, 0.29) is 10.7 Å². The third kappa shape index (κ3) is 3.06. The van der Waals surface area contributed by atoms with Crippen LogP contribution in [0.15, 0.2) is 34.3 Å². The van der Waals surface area contributed by atoms with Crippen LogP contribution in [0.2, 0.25) is 0 Å². The van der Waals surface area contributed by atoms with Gasteiger partial charge in [-0.3, -0.25) is 14.7 Å². The van der Waals surface area contributed by atoms with Crippen molar-refractivity contribution in [1.82, 2.24) is 19.9 Å². The van der Waals surface area contributed by atoms with Gasteiger partial charge >= 0.3 is 0 Å². The van der Waals surface area contributed by atoms with Crippen LogP contribution in [0.3, 0.4) is 0 Å². The van der Waals surface area contributed by atoms with Crippen molar-refractivity contribution >= 4 is 20.7 Å². The molecule has 3 aromatic rings. The Morgan fingerprint density at radius 1 is 1.31 bits per heavy atom. The van der Waals surface area contributed by atoms with Gasteiger partial charge in [0.15, 0.2) is 0 Å². The number of sulfone groups is 1. The number of fused-ring (bicyclic) bond motifs is 2. The predicted molar refractivity (Wildman–Crippen MR) is 98.8 cm³/mol. The Morgan fingerprint density at radius 3 is 2.88 bits per heavy atom. The number of H-pyrrole nitrogens is 2. The molecule has 1 aliphatic heterocycles. The third-order valence-corrected chi connectivity index (χ3v) is 5.69. The van der Waals surface area contributed by atoms with Gasteiger partial charge in [-0.1, -0.05) is 11.6 Å². The second-order valence-electron chi connectivity index (χ2n) is 6.89. The van der Waals surface area contributed by atoms with Crippen LogP contribution in [0.25, 0.3) is 10.9 Å². The molecule has 0 fully saturated rings. The van der Waals surface area contributed by atoms with Crippen molar-refractivity contribution in [3.05, 3.63) is 57.1 Å². The first-order valence-electron chi connectivity index (χ1n) is 8.42. The van der Waals surface area contributed by atoms with Crippen molar-refractivity contribution in [3.8, 4) is 0 Å². The number of aromatic amines is 2. The number of rotatable bonds is 3. The molecule has 2 aromatic heterocycles. The molecule has 0 bridgehead atoms. The van der Waals surface area contributed by atoms with Gasteiger partial charge in [-0.15, -0.1) is 0 Å². The Hall–Kier alpha value is -2.45. The second-order valence-corrected chi connectivity index (χ2v) is 8.82. The van der Waals surface area contributed by atoms with Crippen molar-refractivity contribution in [2.24, 2.45) is 0 Å². The third-order valence-electron chi connectivity index (χ3n) is 4.80. The summed E-state index contributed by atoms with van der Waals surface area (Å²) in [5.41, 5.74) is 4.27. The van der Waals surface area contributed by atoms with Crippen molar-refractivity contribution in [3.63, 3.8) is 0 Å². The average molecular weight is 372 g/mol. The lowest BCUT2D eigenvalue weighted by molar-refractivity contribution is 0.240. The second kappa shape index (κ2) is 6.07. The van der Waals surface area contributed by atoms with E-state index < -0.39 is 9.84 Å². The van der Waals surface area contributed by atoms with E-state index in [0.29, 0.717) is 30.8 Å². The molecule has 0 atom stereocenters. The van der Waals surface area contributed by atoms with Gasteiger partial charge in [0.05, 0.1) is 5.69 Å². The lowest BCUT2D eigenvalue weighted by Crippen LogP contribution is -2.35. The molecular formula is C18H20N4O3S. The number of aryl methyl sites for hydroxylation is 1. The van der Waals surface area contributed by atoms with Crippen LogP contribution in [-0.2, 0) is 29.3 Å². The Labute approximate surface area is 151 Å². The maximum atomic E-state index is 12.2. The van der Waals surface area contributed by atoms with Gasteiger partial charge in [0.1, 0.15) is 0 Å². The van der Waals surface area contributed by atoms with Crippen LogP contribution in [0.5, 0.6) is 0 Å². The van der Waals surface area contributed by atoms with Gasteiger partial charge in [-0.05, 0) is 31.0 Å². The predicted octanol–water partition coefficient (Wildman–Crippen LogP) is 1.52. The molecule has 0 unspecified atom stereocenters. The summed E-state index contributed by atoms with van der Waals surface area (Å²) >= 11 is 0. The molecule has 0 saturated heterocycles. The van der Waals surface area contributed by atoms with E-state index in [4.69, 9.17) is 0 Å². The summed E-state index contributed by atoms with van der Waals surface area (Å²) in [6.07, 6.45) is 3.61. The van der Waals surface area contributed by atoms with Crippen molar-refractivity contribution in [2.45, 2.75) is 31.6 Å². The van der Waals surface area contributed by atoms with Gasteiger partial charge in [-0.2, -0.15) is 0 Å². The van der Waals surface area contributed by atoms with Crippen molar-refractivity contribution in [1.29, 1.82) is 0 Å². The van der Waals surface area contributed by atoms with Crippen LogP contribution in [0.4, 0.5) is 0 Å². The van der Waals surface area contributed by atoms with Crippen molar-refractivity contribution in [2.75, 3.05) is 12.8 Å². The quantitative estimate of drug-likeness (QED) is 0.679. The van der Waals surface area contributed by atoms with Crippen LogP contribution >= 0.6 is 0 Å². The minimum absolute atomic E-state index is 0.259. The molecule has 8 heteroatoms. The first-order chi connectivity index (χ1) is 12.3. The summed E-state index contributed by atoms with van der Waals surface area (Å²) in [5, 5.41) is 0.928. The maximum absolute atomic E-state index is 12.2. The number of aromatic nitrogens is 3. The largest absolute Gasteiger partial charge is 0.361 e. The number of nitrogens with one attached hydrogen (secondary N) is 2. The van der Waals surface area contributed by atoms with Gasteiger partial charge in [-0.25, -0.2) is 13.4 Å². The summed E-state index contributed by atoms with van der Waals surface area (Å²) in [5.74, 6) is 0. The molecule has 1 aliphatic rings. The fourth-order valence-electron chi connectivity index (χ4n) is 3.45. The van der Waals surface area contributed by atoms with E-state index in [1.54, 1.807) is 0 Å². The zero-order valence-electron chi connectivity index (χ0n) is 14.7. The van der Waals surface area contributed by atoms with E-state index in [2.05, 4.69) is 45.0 Å². The molecule has 3 heterocycles. The minimum atomic E-state index is -3.55. The van der Waals surface area contributed by atoms with Gasteiger partial charge in [0.2, 0.25) is 15.0 Å². The lowest BCUT2D eigenvalue weighted by Gasteiger charge is -2.27. The number of hydrogen-bond donors (Lipinski definition) is 2. The van der Waals surface area contributed by atoms with E-state index >= 15 is 0 Å². The van der Waals surface area contributed by atoms with Gasteiger partial charge < -0.3 is 4.98 Å². The monoisotopic (exact) mass is 372 g/mol. The Kier molecular flexibility index (Phi) is 3.96. The summed E-state index contributed by atoms with van der Waals surface area (Å²) in [6, 6.07) is 6.30. The number of benzene rings is 1. The fourth-order valence-corrected chi connectivity index (χ4v) is 4.00. The smallest absolute Gasteiger partial charge is 0.255 e. The number of nitrogens with zero attached hydrogens (tertiary/aromatic N) is 2. The van der Waals surface area contributed by atoms with E-state index in [1.807, 2.05) is 6.20 Å². The molecule has 0 saturated carbocycles. The van der Waals surface area contributed by atoms with E-state index in [1.165, 1.54) is 16.5 Å². The molecule has 136 valence electrons. The van der Waals surface area contributed by atoms with Gasteiger partial charge in [0.25, 0.3) is 5.56 Å². The first kappa shape index (κ1) is 17.0. The Morgan fingerprint density at radius 2 is 2.12 bits per heavy atom.